The zero-order valence-corrected chi connectivity index (χ0v) is 21.1. The van der Waals surface area contributed by atoms with Crippen molar-refractivity contribution in [3.05, 3.63) is 102 Å². The van der Waals surface area contributed by atoms with E-state index in [1.807, 2.05) is 67.2 Å². The Kier molecular flexibility index (Phi) is 6.32. The number of sulfonamides is 1. The first kappa shape index (κ1) is 23.2. The van der Waals surface area contributed by atoms with E-state index < -0.39 is 10.0 Å². The third-order valence-electron chi connectivity index (χ3n) is 7.00. The molecular formula is C28H29NO3S2. The van der Waals surface area contributed by atoms with Gasteiger partial charge >= 0.3 is 0 Å². The molecule has 4 atom stereocenters. The molecule has 0 saturated carbocycles. The summed E-state index contributed by atoms with van der Waals surface area (Å²) in [5.74, 6) is 0.778. The molecule has 34 heavy (non-hydrogen) atoms. The number of methoxy groups -OCH3 is 1. The van der Waals surface area contributed by atoms with Gasteiger partial charge in [0.2, 0.25) is 10.0 Å². The maximum absolute atomic E-state index is 14.1. The summed E-state index contributed by atoms with van der Waals surface area (Å²) in [7, 11) is -2.05. The van der Waals surface area contributed by atoms with Crippen LogP contribution in [-0.4, -0.2) is 31.1 Å². The van der Waals surface area contributed by atoms with Crippen molar-refractivity contribution in [1.82, 2.24) is 4.31 Å². The number of piperidine rings is 1. The predicted molar refractivity (Wildman–Crippen MR) is 138 cm³/mol. The predicted octanol–water partition coefficient (Wildman–Crippen LogP) is 6.03. The van der Waals surface area contributed by atoms with E-state index >= 15 is 0 Å². The number of aryl methyl sites for hydroxylation is 1. The van der Waals surface area contributed by atoms with Crippen molar-refractivity contribution in [3.63, 3.8) is 0 Å². The third kappa shape index (κ3) is 4.08. The summed E-state index contributed by atoms with van der Waals surface area (Å²) in [5, 5.41) is 0.221. The largest absolute Gasteiger partial charge is 0.497 e. The lowest BCUT2D eigenvalue weighted by atomic mass is 9.76. The number of thioether (sulfide) groups is 1. The Bertz CT molecular complexity index is 1290. The van der Waals surface area contributed by atoms with E-state index in [0.29, 0.717) is 17.7 Å². The van der Waals surface area contributed by atoms with Crippen LogP contribution >= 0.6 is 11.8 Å². The average molecular weight is 492 g/mol. The average Bonchev–Trinajstić information content (AvgIpc) is 2.84. The van der Waals surface area contributed by atoms with Gasteiger partial charge in [0.25, 0.3) is 0 Å². The van der Waals surface area contributed by atoms with Gasteiger partial charge in [-0.15, -0.1) is 18.3 Å². The van der Waals surface area contributed by atoms with Crippen LogP contribution in [0.15, 0.2) is 95.2 Å². The fourth-order valence-corrected chi connectivity index (χ4v) is 8.55. The molecule has 1 unspecified atom stereocenters. The van der Waals surface area contributed by atoms with Gasteiger partial charge in [-0.1, -0.05) is 48.0 Å². The minimum Gasteiger partial charge on any atom is -0.497 e. The molecule has 0 N–H and O–H groups in total. The van der Waals surface area contributed by atoms with E-state index in [0.717, 1.165) is 16.9 Å². The highest BCUT2D eigenvalue weighted by molar-refractivity contribution is 8.00. The van der Waals surface area contributed by atoms with Crippen LogP contribution in [0.2, 0.25) is 0 Å². The Morgan fingerprint density at radius 3 is 2.47 bits per heavy atom. The van der Waals surface area contributed by atoms with Crippen molar-refractivity contribution in [2.75, 3.05) is 7.11 Å². The normalized spacial score (nSPS) is 24.3. The first-order valence-corrected chi connectivity index (χ1v) is 13.9. The quantitative estimate of drug-likeness (QED) is 0.395. The second-order valence-electron chi connectivity index (χ2n) is 9.02. The lowest BCUT2D eigenvalue weighted by molar-refractivity contribution is 0.132. The summed E-state index contributed by atoms with van der Waals surface area (Å²) >= 11 is 1.83. The molecule has 3 aromatic carbocycles. The zero-order chi connectivity index (χ0) is 23.9. The highest BCUT2D eigenvalue weighted by Crippen LogP contribution is 2.52. The molecule has 5 rings (SSSR count). The molecule has 176 valence electrons. The monoisotopic (exact) mass is 491 g/mol. The number of hydrogen-bond donors (Lipinski definition) is 0. The number of ether oxygens (including phenoxy) is 1. The van der Waals surface area contributed by atoms with Crippen LogP contribution in [0, 0.1) is 12.8 Å². The van der Waals surface area contributed by atoms with Crippen molar-refractivity contribution in [2.24, 2.45) is 5.92 Å². The molecule has 1 saturated heterocycles. The number of rotatable bonds is 6. The van der Waals surface area contributed by atoms with Gasteiger partial charge in [-0.2, -0.15) is 4.31 Å². The van der Waals surface area contributed by atoms with E-state index in [-0.39, 0.29) is 23.3 Å². The molecule has 4 nitrogen and oxygen atoms in total. The SMILES string of the molecule is C=C[C@@H]1C(Sc2ccccc2)C[C@@H]2c3cc(OC)ccc3C[C@H]1N2S(=O)(=O)c1ccc(C)cc1. The van der Waals surface area contributed by atoms with Gasteiger partial charge in [0.1, 0.15) is 5.75 Å². The van der Waals surface area contributed by atoms with Crippen molar-refractivity contribution in [1.29, 1.82) is 0 Å². The first-order valence-electron chi connectivity index (χ1n) is 11.5. The van der Waals surface area contributed by atoms with Gasteiger partial charge in [0.15, 0.2) is 0 Å². The number of fused-ring (bicyclic) bond motifs is 4. The summed E-state index contributed by atoms with van der Waals surface area (Å²) < 4.78 is 35.4. The standard InChI is InChI=1S/C28H29NO3S2/c1-4-24-26-16-20-12-13-21(32-3)17-25(20)27(18-28(24)33-22-8-6-5-7-9-22)29(26)34(30,31)23-14-10-19(2)11-15-23/h4-15,17,24,26-28H,1,16,18H2,2-3H3/t24-,26+,27+,28?/m0/s1. The molecule has 0 spiro atoms. The summed E-state index contributed by atoms with van der Waals surface area (Å²) in [6, 6.07) is 23.2. The Labute approximate surface area is 206 Å². The van der Waals surface area contributed by atoms with Gasteiger partial charge in [0, 0.05) is 22.1 Å². The Hall–Kier alpha value is -2.54. The molecule has 2 bridgehead atoms. The zero-order valence-electron chi connectivity index (χ0n) is 19.4. The number of nitrogens with zero attached hydrogens (tertiary/aromatic N) is 1. The molecule has 2 aliphatic rings. The van der Waals surface area contributed by atoms with Crippen LogP contribution in [0.3, 0.4) is 0 Å². The summed E-state index contributed by atoms with van der Waals surface area (Å²) in [6.45, 7) is 6.12. The van der Waals surface area contributed by atoms with E-state index in [1.54, 1.807) is 23.5 Å². The Balaban J connectivity index is 1.62. The van der Waals surface area contributed by atoms with E-state index in [9.17, 15) is 8.42 Å². The van der Waals surface area contributed by atoms with Crippen molar-refractivity contribution in [3.8, 4) is 5.75 Å². The van der Waals surface area contributed by atoms with Gasteiger partial charge in [0.05, 0.1) is 18.0 Å². The van der Waals surface area contributed by atoms with Gasteiger partial charge < -0.3 is 4.74 Å². The highest BCUT2D eigenvalue weighted by atomic mass is 32.2. The highest BCUT2D eigenvalue weighted by Gasteiger charge is 2.51. The molecule has 2 heterocycles. The lowest BCUT2D eigenvalue weighted by Gasteiger charge is -2.51. The molecule has 0 aliphatic carbocycles. The van der Waals surface area contributed by atoms with E-state index in [2.05, 4.69) is 24.8 Å². The lowest BCUT2D eigenvalue weighted by Crippen LogP contribution is -2.56. The number of benzene rings is 3. The van der Waals surface area contributed by atoms with Crippen LogP contribution in [0.4, 0.5) is 0 Å². The number of hydrogen-bond acceptors (Lipinski definition) is 4. The molecule has 0 aromatic heterocycles. The molecule has 1 fully saturated rings. The molecule has 3 aromatic rings. The van der Waals surface area contributed by atoms with E-state index in [4.69, 9.17) is 4.74 Å². The van der Waals surface area contributed by atoms with Gasteiger partial charge in [-0.3, -0.25) is 0 Å². The van der Waals surface area contributed by atoms with E-state index in [1.165, 1.54) is 10.5 Å². The molecule has 6 heteroatoms. The van der Waals surface area contributed by atoms with Gasteiger partial charge in [-0.25, -0.2) is 8.42 Å². The maximum atomic E-state index is 14.1. The first-order chi connectivity index (χ1) is 16.4. The van der Waals surface area contributed by atoms with Crippen molar-refractivity contribution < 1.29 is 13.2 Å². The summed E-state index contributed by atoms with van der Waals surface area (Å²) in [4.78, 5) is 1.54. The second-order valence-corrected chi connectivity index (χ2v) is 12.2. The maximum Gasteiger partial charge on any atom is 0.243 e. The summed E-state index contributed by atoms with van der Waals surface area (Å²) in [5.41, 5.74) is 3.28. The third-order valence-corrected chi connectivity index (χ3v) is 10.3. The Morgan fingerprint density at radius 2 is 1.79 bits per heavy atom. The van der Waals surface area contributed by atoms with Crippen LogP contribution in [0.1, 0.15) is 29.2 Å². The minimum absolute atomic E-state index is 0.0249. The van der Waals surface area contributed by atoms with Crippen LogP contribution < -0.4 is 4.74 Å². The van der Waals surface area contributed by atoms with Crippen molar-refractivity contribution in [2.45, 2.75) is 46.9 Å². The molecule has 2 aliphatic heterocycles. The van der Waals surface area contributed by atoms with Crippen LogP contribution in [0.25, 0.3) is 0 Å². The summed E-state index contributed by atoms with van der Waals surface area (Å²) in [6.07, 6.45) is 3.33. The smallest absolute Gasteiger partial charge is 0.243 e. The second kappa shape index (κ2) is 9.25. The topological polar surface area (TPSA) is 46.6 Å². The van der Waals surface area contributed by atoms with Crippen LogP contribution in [-0.2, 0) is 16.4 Å². The Morgan fingerprint density at radius 1 is 1.06 bits per heavy atom. The van der Waals surface area contributed by atoms with Crippen molar-refractivity contribution >= 4 is 21.8 Å². The molecule has 0 amide bonds. The molecule has 0 radical (unpaired) electrons. The molecular weight excluding hydrogens is 462 g/mol. The van der Waals surface area contributed by atoms with Crippen LogP contribution in [0.5, 0.6) is 5.75 Å². The fourth-order valence-electron chi connectivity index (χ4n) is 5.33. The fraction of sp³-hybridized carbons (Fsp3) is 0.286. The minimum atomic E-state index is -3.70. The van der Waals surface area contributed by atoms with Gasteiger partial charge in [-0.05, 0) is 67.3 Å².